The SMILES string of the molecule is CNC(=O)C(C)N(Cc1cccc(C)c1)C(=O)Cc1ccc(Cl)cc1Cl. The van der Waals surface area contributed by atoms with Crippen molar-refractivity contribution in [1.29, 1.82) is 0 Å². The quantitative estimate of drug-likeness (QED) is 0.806. The van der Waals surface area contributed by atoms with Crippen LogP contribution in [0.3, 0.4) is 0 Å². The van der Waals surface area contributed by atoms with Crippen molar-refractivity contribution in [3.63, 3.8) is 0 Å². The monoisotopic (exact) mass is 392 g/mol. The first-order valence-electron chi connectivity index (χ1n) is 8.32. The molecule has 0 fully saturated rings. The fourth-order valence-electron chi connectivity index (χ4n) is 2.73. The molecule has 0 saturated heterocycles. The Morgan fingerprint density at radius 1 is 1.15 bits per heavy atom. The molecule has 138 valence electrons. The van der Waals surface area contributed by atoms with Crippen molar-refractivity contribution in [2.75, 3.05) is 7.05 Å². The largest absolute Gasteiger partial charge is 0.357 e. The molecule has 2 rings (SSSR count). The zero-order chi connectivity index (χ0) is 19.3. The number of amides is 2. The minimum atomic E-state index is -0.598. The molecule has 2 aromatic carbocycles. The van der Waals surface area contributed by atoms with Gasteiger partial charge in [0.05, 0.1) is 6.42 Å². The van der Waals surface area contributed by atoms with E-state index in [0.717, 1.165) is 11.1 Å². The minimum Gasteiger partial charge on any atom is -0.357 e. The van der Waals surface area contributed by atoms with Gasteiger partial charge in [0.1, 0.15) is 6.04 Å². The van der Waals surface area contributed by atoms with Gasteiger partial charge >= 0.3 is 0 Å². The van der Waals surface area contributed by atoms with E-state index < -0.39 is 6.04 Å². The fraction of sp³-hybridized carbons (Fsp3) is 0.300. The Hall–Kier alpha value is -2.04. The maximum Gasteiger partial charge on any atom is 0.242 e. The summed E-state index contributed by atoms with van der Waals surface area (Å²) in [6.07, 6.45) is 0.100. The summed E-state index contributed by atoms with van der Waals surface area (Å²) in [5.74, 6) is -0.389. The number of aryl methyl sites for hydroxylation is 1. The van der Waals surface area contributed by atoms with Crippen molar-refractivity contribution in [2.24, 2.45) is 0 Å². The molecule has 0 heterocycles. The molecular formula is C20H22Cl2N2O2. The maximum absolute atomic E-state index is 13.0. The normalized spacial score (nSPS) is 11.7. The number of carbonyl (C=O) groups excluding carboxylic acids is 2. The van der Waals surface area contributed by atoms with Gasteiger partial charge in [-0.2, -0.15) is 0 Å². The summed E-state index contributed by atoms with van der Waals surface area (Å²) < 4.78 is 0. The van der Waals surface area contributed by atoms with Crippen LogP contribution in [0.4, 0.5) is 0 Å². The third-order valence-electron chi connectivity index (χ3n) is 4.21. The molecule has 0 saturated carbocycles. The molecule has 0 radical (unpaired) electrons. The number of benzene rings is 2. The number of nitrogens with one attached hydrogen (secondary N) is 1. The molecule has 0 spiro atoms. The van der Waals surface area contributed by atoms with E-state index in [2.05, 4.69) is 5.32 Å². The van der Waals surface area contributed by atoms with Gasteiger partial charge in [0, 0.05) is 23.6 Å². The summed E-state index contributed by atoms with van der Waals surface area (Å²) in [6.45, 7) is 4.06. The number of likely N-dealkylation sites (N-methyl/N-ethyl adjacent to an activating group) is 1. The van der Waals surface area contributed by atoms with Gasteiger partial charge in [-0.05, 0) is 37.1 Å². The molecule has 6 heteroatoms. The Labute approximate surface area is 164 Å². The Kier molecular flexibility index (Phi) is 7.06. The number of rotatable bonds is 6. The van der Waals surface area contributed by atoms with Crippen molar-refractivity contribution in [2.45, 2.75) is 32.9 Å². The smallest absolute Gasteiger partial charge is 0.242 e. The Balaban J connectivity index is 2.26. The molecule has 0 aromatic heterocycles. The van der Waals surface area contributed by atoms with E-state index in [1.165, 1.54) is 0 Å². The number of hydrogen-bond donors (Lipinski definition) is 1. The van der Waals surface area contributed by atoms with Crippen molar-refractivity contribution in [3.8, 4) is 0 Å². The van der Waals surface area contributed by atoms with Crippen LogP contribution < -0.4 is 5.32 Å². The Morgan fingerprint density at radius 2 is 1.88 bits per heavy atom. The highest BCUT2D eigenvalue weighted by molar-refractivity contribution is 6.35. The van der Waals surface area contributed by atoms with Crippen LogP contribution in [-0.4, -0.2) is 29.8 Å². The molecule has 0 aliphatic heterocycles. The predicted molar refractivity (Wildman–Crippen MR) is 105 cm³/mol. The van der Waals surface area contributed by atoms with E-state index in [1.807, 2.05) is 31.2 Å². The van der Waals surface area contributed by atoms with Gasteiger partial charge in [0.15, 0.2) is 0 Å². The molecule has 0 aliphatic carbocycles. The molecule has 1 N–H and O–H groups in total. The van der Waals surface area contributed by atoms with Gasteiger partial charge < -0.3 is 10.2 Å². The van der Waals surface area contributed by atoms with Gasteiger partial charge in [-0.3, -0.25) is 9.59 Å². The van der Waals surface area contributed by atoms with Gasteiger partial charge in [0.25, 0.3) is 0 Å². The van der Waals surface area contributed by atoms with Crippen LogP contribution in [0.25, 0.3) is 0 Å². The summed E-state index contributed by atoms with van der Waals surface area (Å²) in [6, 6.07) is 12.3. The minimum absolute atomic E-state index is 0.100. The van der Waals surface area contributed by atoms with Crippen LogP contribution in [-0.2, 0) is 22.6 Å². The zero-order valence-corrected chi connectivity index (χ0v) is 16.6. The van der Waals surface area contributed by atoms with Gasteiger partial charge in [-0.15, -0.1) is 0 Å². The first-order chi connectivity index (χ1) is 12.3. The molecular weight excluding hydrogens is 371 g/mol. The highest BCUT2D eigenvalue weighted by Gasteiger charge is 2.26. The van der Waals surface area contributed by atoms with Crippen molar-refractivity contribution in [3.05, 3.63) is 69.2 Å². The van der Waals surface area contributed by atoms with Crippen molar-refractivity contribution >= 4 is 35.0 Å². The second-order valence-corrected chi connectivity index (χ2v) is 7.06. The highest BCUT2D eigenvalue weighted by atomic mass is 35.5. The third-order valence-corrected chi connectivity index (χ3v) is 4.79. The molecule has 0 aliphatic rings. The van der Waals surface area contributed by atoms with E-state index in [1.54, 1.807) is 37.1 Å². The number of halogens is 2. The van der Waals surface area contributed by atoms with Crippen molar-refractivity contribution < 1.29 is 9.59 Å². The first-order valence-corrected chi connectivity index (χ1v) is 9.08. The van der Waals surface area contributed by atoms with Crippen molar-refractivity contribution in [1.82, 2.24) is 10.2 Å². The van der Waals surface area contributed by atoms with E-state index in [0.29, 0.717) is 22.2 Å². The van der Waals surface area contributed by atoms with Crippen LogP contribution in [0, 0.1) is 6.92 Å². The highest BCUT2D eigenvalue weighted by Crippen LogP contribution is 2.22. The standard InChI is InChI=1S/C20H22Cl2N2O2/c1-13-5-4-6-15(9-13)12-24(14(2)20(26)23-3)19(25)10-16-7-8-17(21)11-18(16)22/h4-9,11,14H,10,12H2,1-3H3,(H,23,26). The van der Waals surface area contributed by atoms with E-state index in [4.69, 9.17) is 23.2 Å². The zero-order valence-electron chi connectivity index (χ0n) is 15.1. The van der Waals surface area contributed by atoms with Crippen LogP contribution in [0.2, 0.25) is 10.0 Å². The number of nitrogens with zero attached hydrogens (tertiary/aromatic N) is 1. The Bertz CT molecular complexity index is 808. The average molecular weight is 393 g/mol. The van der Waals surface area contributed by atoms with E-state index >= 15 is 0 Å². The molecule has 1 unspecified atom stereocenters. The lowest BCUT2D eigenvalue weighted by atomic mass is 10.1. The van der Waals surface area contributed by atoms with Crippen LogP contribution in [0.5, 0.6) is 0 Å². The van der Waals surface area contributed by atoms with Crippen LogP contribution >= 0.6 is 23.2 Å². The fourth-order valence-corrected chi connectivity index (χ4v) is 3.20. The molecule has 2 aromatic rings. The predicted octanol–water partition coefficient (Wildman–Crippen LogP) is 4.01. The van der Waals surface area contributed by atoms with Gasteiger partial charge in [0.2, 0.25) is 11.8 Å². The second kappa shape index (κ2) is 9.06. The molecule has 4 nitrogen and oxygen atoms in total. The van der Waals surface area contributed by atoms with Gasteiger partial charge in [-0.1, -0.05) is 59.1 Å². The Morgan fingerprint density at radius 3 is 2.50 bits per heavy atom. The lowest BCUT2D eigenvalue weighted by molar-refractivity contribution is -0.139. The number of hydrogen-bond acceptors (Lipinski definition) is 2. The average Bonchev–Trinajstić information content (AvgIpc) is 2.60. The first kappa shape index (κ1) is 20.3. The van der Waals surface area contributed by atoms with Gasteiger partial charge in [-0.25, -0.2) is 0 Å². The van der Waals surface area contributed by atoms with E-state index in [9.17, 15) is 9.59 Å². The summed E-state index contributed by atoms with van der Waals surface area (Å²) in [7, 11) is 1.56. The molecule has 2 amide bonds. The topological polar surface area (TPSA) is 49.4 Å². The lowest BCUT2D eigenvalue weighted by Gasteiger charge is -2.28. The number of carbonyl (C=O) groups is 2. The molecule has 1 atom stereocenters. The molecule has 0 bridgehead atoms. The summed E-state index contributed by atoms with van der Waals surface area (Å²) in [5, 5.41) is 3.56. The summed E-state index contributed by atoms with van der Waals surface area (Å²) in [4.78, 5) is 26.7. The summed E-state index contributed by atoms with van der Waals surface area (Å²) >= 11 is 12.1. The third kappa shape index (κ3) is 5.23. The second-order valence-electron chi connectivity index (χ2n) is 6.21. The summed E-state index contributed by atoms with van der Waals surface area (Å²) in [5.41, 5.74) is 2.75. The van der Waals surface area contributed by atoms with Crippen LogP contribution in [0.1, 0.15) is 23.6 Å². The van der Waals surface area contributed by atoms with Crippen LogP contribution in [0.15, 0.2) is 42.5 Å². The molecule has 26 heavy (non-hydrogen) atoms. The van der Waals surface area contributed by atoms with E-state index in [-0.39, 0.29) is 18.2 Å². The maximum atomic E-state index is 13.0. The lowest BCUT2D eigenvalue weighted by Crippen LogP contribution is -2.47.